The summed E-state index contributed by atoms with van der Waals surface area (Å²) in [4.78, 5) is 26.7. The number of nitrogens with zero attached hydrogens (tertiary/aromatic N) is 1. The van der Waals surface area contributed by atoms with Crippen LogP contribution in [0.5, 0.6) is 0 Å². The fraction of sp³-hybridized carbons (Fsp3) is 0.375. The summed E-state index contributed by atoms with van der Waals surface area (Å²) < 4.78 is 5.68. The van der Waals surface area contributed by atoms with Crippen molar-refractivity contribution in [3.8, 4) is 0 Å². The summed E-state index contributed by atoms with van der Waals surface area (Å²) in [7, 11) is 1.46. The molecule has 2 aliphatic rings. The molecular formula is C16H16Cl2N2O3. The molecule has 1 N–H and O–H groups in total. The number of methoxy groups -OCH3 is 1. The number of fused-ring (bicyclic) bond motifs is 1. The average Bonchev–Trinajstić information content (AvgIpc) is 2.80. The number of Topliss-reactive ketones (excluding diaryl/α,β-unsaturated/α-hetero) is 1. The molecule has 0 radical (unpaired) electrons. The van der Waals surface area contributed by atoms with E-state index in [1.807, 2.05) is 18.2 Å². The SMILES string of the molecule is COC12NC(=O)N(c3ccccc3)C1(C)C(Cl)C(=O)C(Cl)=C2C. The molecule has 0 spiro atoms. The minimum Gasteiger partial charge on any atom is -0.352 e. The number of urea groups is 1. The monoisotopic (exact) mass is 354 g/mol. The van der Waals surface area contributed by atoms with Crippen LogP contribution in [0, 0.1) is 0 Å². The Hall–Kier alpha value is -1.56. The zero-order valence-corrected chi connectivity index (χ0v) is 14.4. The molecule has 3 rings (SSSR count). The molecule has 3 unspecified atom stereocenters. The molecular weight excluding hydrogens is 339 g/mol. The van der Waals surface area contributed by atoms with Gasteiger partial charge in [-0.1, -0.05) is 29.8 Å². The zero-order chi connectivity index (χ0) is 17.0. The Kier molecular flexibility index (Phi) is 3.71. The van der Waals surface area contributed by atoms with Crippen molar-refractivity contribution in [1.29, 1.82) is 0 Å². The third kappa shape index (κ3) is 1.84. The average molecular weight is 355 g/mol. The van der Waals surface area contributed by atoms with Crippen LogP contribution in [0.15, 0.2) is 40.9 Å². The van der Waals surface area contributed by atoms with E-state index in [0.29, 0.717) is 11.3 Å². The number of amides is 2. The third-order valence-electron chi connectivity index (χ3n) is 4.78. The van der Waals surface area contributed by atoms with Crippen molar-refractivity contribution in [2.24, 2.45) is 0 Å². The van der Waals surface area contributed by atoms with Crippen LogP contribution in [0.4, 0.5) is 10.5 Å². The lowest BCUT2D eigenvalue weighted by Gasteiger charge is -2.49. The molecule has 0 saturated carbocycles. The smallest absolute Gasteiger partial charge is 0.325 e. The highest BCUT2D eigenvalue weighted by atomic mass is 35.5. The molecule has 1 fully saturated rings. The van der Waals surface area contributed by atoms with Crippen LogP contribution in [0.1, 0.15) is 13.8 Å². The van der Waals surface area contributed by atoms with Gasteiger partial charge in [0.1, 0.15) is 10.9 Å². The molecule has 23 heavy (non-hydrogen) atoms. The van der Waals surface area contributed by atoms with Crippen LogP contribution in [-0.2, 0) is 9.53 Å². The number of carbonyl (C=O) groups excluding carboxylic acids is 2. The quantitative estimate of drug-likeness (QED) is 0.830. The molecule has 0 bridgehead atoms. The minimum absolute atomic E-state index is 0.000429. The van der Waals surface area contributed by atoms with Crippen LogP contribution in [0.3, 0.4) is 0 Å². The molecule has 2 amide bonds. The van der Waals surface area contributed by atoms with E-state index in [4.69, 9.17) is 27.9 Å². The van der Waals surface area contributed by atoms with Crippen LogP contribution in [0.2, 0.25) is 0 Å². The molecule has 1 aromatic carbocycles. The van der Waals surface area contributed by atoms with Crippen LogP contribution in [0.25, 0.3) is 0 Å². The van der Waals surface area contributed by atoms with Crippen molar-refractivity contribution in [2.45, 2.75) is 30.5 Å². The Morgan fingerprint density at radius 2 is 1.87 bits per heavy atom. The van der Waals surface area contributed by atoms with Gasteiger partial charge < -0.3 is 10.1 Å². The molecule has 5 nitrogen and oxygen atoms in total. The molecule has 1 aliphatic carbocycles. The normalized spacial score (nSPS) is 33.8. The Morgan fingerprint density at radius 3 is 2.43 bits per heavy atom. The Labute approximate surface area is 144 Å². The van der Waals surface area contributed by atoms with E-state index >= 15 is 0 Å². The lowest BCUT2D eigenvalue weighted by Crippen LogP contribution is -2.69. The highest BCUT2D eigenvalue weighted by Crippen LogP contribution is 2.51. The Bertz CT molecular complexity index is 721. The molecule has 1 aromatic rings. The first-order valence-corrected chi connectivity index (χ1v) is 7.90. The first-order valence-electron chi connectivity index (χ1n) is 7.09. The number of para-hydroxylation sites is 1. The zero-order valence-electron chi connectivity index (χ0n) is 12.9. The van der Waals surface area contributed by atoms with Gasteiger partial charge in [0.05, 0.1) is 5.03 Å². The maximum atomic E-state index is 12.7. The van der Waals surface area contributed by atoms with Crippen molar-refractivity contribution in [3.05, 3.63) is 40.9 Å². The highest BCUT2D eigenvalue weighted by molar-refractivity contribution is 6.50. The van der Waals surface area contributed by atoms with E-state index in [1.54, 1.807) is 26.0 Å². The number of hydrogen-bond donors (Lipinski definition) is 1. The van der Waals surface area contributed by atoms with E-state index in [9.17, 15) is 9.59 Å². The van der Waals surface area contributed by atoms with Gasteiger partial charge in [0.25, 0.3) is 0 Å². The summed E-state index contributed by atoms with van der Waals surface area (Å²) in [6, 6.07) is 8.62. The molecule has 1 saturated heterocycles. The number of alkyl halides is 1. The third-order valence-corrected chi connectivity index (χ3v) is 5.87. The largest absolute Gasteiger partial charge is 0.352 e. The maximum absolute atomic E-state index is 12.7. The first kappa shape index (κ1) is 16.3. The number of rotatable bonds is 2. The van der Waals surface area contributed by atoms with Crippen molar-refractivity contribution in [3.63, 3.8) is 0 Å². The first-order chi connectivity index (χ1) is 10.8. The van der Waals surface area contributed by atoms with Gasteiger partial charge in [0.15, 0.2) is 11.5 Å². The number of ether oxygens (including phenoxy) is 1. The van der Waals surface area contributed by atoms with Gasteiger partial charge in [0.2, 0.25) is 0 Å². The predicted molar refractivity (Wildman–Crippen MR) is 88.8 cm³/mol. The van der Waals surface area contributed by atoms with Crippen LogP contribution in [-0.4, -0.2) is 35.6 Å². The number of allylic oxidation sites excluding steroid dienone is 1. The molecule has 1 heterocycles. The van der Waals surface area contributed by atoms with E-state index in [2.05, 4.69) is 5.32 Å². The van der Waals surface area contributed by atoms with Gasteiger partial charge in [-0.15, -0.1) is 11.6 Å². The van der Waals surface area contributed by atoms with Crippen LogP contribution >= 0.6 is 23.2 Å². The standard InChI is InChI=1S/C16H16Cl2N2O3/c1-9-11(17)12(21)13(18)15(2)16(9,23-3)19-14(22)20(15)10-7-5-4-6-8-10/h4-8,13H,1-3H3,(H,19,22). The van der Waals surface area contributed by atoms with Crippen LogP contribution < -0.4 is 10.2 Å². The second-order valence-corrected chi connectivity index (χ2v) is 6.61. The molecule has 3 atom stereocenters. The van der Waals surface area contributed by atoms with Crippen molar-refractivity contribution in [2.75, 3.05) is 12.0 Å². The van der Waals surface area contributed by atoms with Gasteiger partial charge in [-0.2, -0.15) is 0 Å². The van der Waals surface area contributed by atoms with Crippen molar-refractivity contribution in [1.82, 2.24) is 5.32 Å². The molecule has 122 valence electrons. The van der Waals surface area contributed by atoms with Gasteiger partial charge in [-0.3, -0.25) is 9.69 Å². The Morgan fingerprint density at radius 1 is 1.26 bits per heavy atom. The summed E-state index contributed by atoms with van der Waals surface area (Å²) in [6.45, 7) is 3.39. The summed E-state index contributed by atoms with van der Waals surface area (Å²) in [6.07, 6.45) is 0. The van der Waals surface area contributed by atoms with Gasteiger partial charge >= 0.3 is 6.03 Å². The number of anilines is 1. The van der Waals surface area contributed by atoms with Crippen molar-refractivity contribution < 1.29 is 14.3 Å². The summed E-state index contributed by atoms with van der Waals surface area (Å²) in [5.74, 6) is -0.418. The van der Waals surface area contributed by atoms with E-state index < -0.39 is 28.5 Å². The maximum Gasteiger partial charge on any atom is 0.325 e. The summed E-state index contributed by atoms with van der Waals surface area (Å²) in [5.41, 5.74) is -1.38. The van der Waals surface area contributed by atoms with Crippen molar-refractivity contribution >= 4 is 40.7 Å². The van der Waals surface area contributed by atoms with Gasteiger partial charge in [-0.25, -0.2) is 4.79 Å². The molecule has 7 heteroatoms. The number of halogens is 2. The second-order valence-electron chi connectivity index (χ2n) is 5.80. The number of hydrogen-bond acceptors (Lipinski definition) is 3. The van der Waals surface area contributed by atoms with E-state index in [-0.39, 0.29) is 5.03 Å². The minimum atomic E-state index is -1.28. The second kappa shape index (κ2) is 5.23. The number of benzene rings is 1. The topological polar surface area (TPSA) is 58.6 Å². The highest BCUT2D eigenvalue weighted by Gasteiger charge is 2.70. The number of carbonyl (C=O) groups is 2. The summed E-state index contributed by atoms with van der Waals surface area (Å²) >= 11 is 12.6. The summed E-state index contributed by atoms with van der Waals surface area (Å²) in [5, 5.41) is 1.77. The fourth-order valence-corrected chi connectivity index (χ4v) is 4.20. The van der Waals surface area contributed by atoms with Gasteiger partial charge in [-0.05, 0) is 26.0 Å². The lowest BCUT2D eigenvalue weighted by molar-refractivity contribution is -0.121. The van der Waals surface area contributed by atoms with Gasteiger partial charge in [0, 0.05) is 18.4 Å². The number of nitrogens with one attached hydrogen (secondary N) is 1. The molecule has 1 aliphatic heterocycles. The lowest BCUT2D eigenvalue weighted by atomic mass is 9.74. The fourth-order valence-electron chi connectivity index (χ4n) is 3.55. The molecule has 0 aromatic heterocycles. The Balaban J connectivity index is 2.29. The van der Waals surface area contributed by atoms with E-state index in [0.717, 1.165) is 0 Å². The predicted octanol–water partition coefficient (Wildman–Crippen LogP) is 3.02. The van der Waals surface area contributed by atoms with E-state index in [1.165, 1.54) is 12.0 Å². The number of ketones is 1.